The van der Waals surface area contributed by atoms with Crippen molar-refractivity contribution >= 4 is 46.4 Å². The Hall–Kier alpha value is -4.68. The molecule has 0 atom stereocenters. The van der Waals surface area contributed by atoms with Crippen LogP contribution in [0.5, 0.6) is 0 Å². The van der Waals surface area contributed by atoms with Gasteiger partial charge in [-0.05, 0) is 86.3 Å². The zero-order chi connectivity index (χ0) is 38.3. The number of rotatable bonds is 7. The molecule has 55 heavy (non-hydrogen) atoms. The minimum atomic E-state index is -1.34. The van der Waals surface area contributed by atoms with E-state index in [0.717, 1.165) is 73.3 Å². The summed E-state index contributed by atoms with van der Waals surface area (Å²) in [6, 6.07) is 38.2. The number of furan rings is 1. The molecule has 1 radical (unpaired) electrons. The van der Waals surface area contributed by atoms with Gasteiger partial charge in [0, 0.05) is 43.3 Å². The van der Waals surface area contributed by atoms with E-state index in [0.29, 0.717) is 11.6 Å². The second-order valence-corrected chi connectivity index (χ2v) is 21.2. The molecule has 0 bridgehead atoms. The van der Waals surface area contributed by atoms with Gasteiger partial charge in [-0.15, -0.1) is 53.6 Å². The number of hydrogen-bond donors (Lipinski definition) is 0. The van der Waals surface area contributed by atoms with E-state index in [4.69, 9.17) is 14.4 Å². The Morgan fingerprint density at radius 2 is 1.51 bits per heavy atom. The summed E-state index contributed by atoms with van der Waals surface area (Å²) in [5.41, 5.74) is 13.6. The standard InChI is InChI=1S/C30H26N3O.C18H24NSi.Ir/c1-17(2)33-25-12-7-6-11-23(25)31-29(33)22-14-13-20(5)27-21-15-16-24(32-30(21)34-28(22)27)26-18(3)9-8-10-19(26)4;1-14(2)11-16-12-17(15-9-7-6-8-10-15)19-13-18(16)20(3,4)5;/h6-13,15-17H,1-5H3;6-9,12-14H,11H2,1-5H3;/q2*-1;. The van der Waals surface area contributed by atoms with Crippen LogP contribution in [0, 0.1) is 38.8 Å². The van der Waals surface area contributed by atoms with Gasteiger partial charge in [0.15, 0.2) is 0 Å². The Balaban J connectivity index is 0.000000211. The Labute approximate surface area is 340 Å². The first kappa shape index (κ1) is 40.0. The molecular formula is C48H50IrN4OSi-2. The van der Waals surface area contributed by atoms with E-state index in [2.05, 4.69) is 157 Å². The summed E-state index contributed by atoms with van der Waals surface area (Å²) in [6.45, 7) is 22.4. The molecule has 4 heterocycles. The van der Waals surface area contributed by atoms with Crippen LogP contribution < -0.4 is 5.19 Å². The molecule has 0 unspecified atom stereocenters. The third-order valence-electron chi connectivity index (χ3n) is 10.1. The molecule has 0 fully saturated rings. The monoisotopic (exact) mass is 919 g/mol. The van der Waals surface area contributed by atoms with Crippen molar-refractivity contribution in [3.05, 3.63) is 132 Å². The largest absolute Gasteiger partial charge is 0.486 e. The van der Waals surface area contributed by atoms with E-state index in [1.165, 1.54) is 21.9 Å². The van der Waals surface area contributed by atoms with Crippen molar-refractivity contribution in [2.24, 2.45) is 5.92 Å². The fraction of sp³-hybridized carbons (Fsp3) is 0.271. The summed E-state index contributed by atoms with van der Waals surface area (Å²) >= 11 is 0. The molecule has 0 saturated heterocycles. The van der Waals surface area contributed by atoms with Crippen molar-refractivity contribution in [1.29, 1.82) is 0 Å². The van der Waals surface area contributed by atoms with Crippen LogP contribution in [-0.2, 0) is 26.5 Å². The summed E-state index contributed by atoms with van der Waals surface area (Å²) < 4.78 is 8.76. The zero-order valence-electron chi connectivity index (χ0n) is 33.6. The number of fused-ring (bicyclic) bond motifs is 4. The molecule has 4 aromatic carbocycles. The van der Waals surface area contributed by atoms with E-state index in [1.807, 2.05) is 30.3 Å². The first-order valence-corrected chi connectivity index (χ1v) is 22.6. The Morgan fingerprint density at radius 3 is 2.18 bits per heavy atom. The second-order valence-electron chi connectivity index (χ2n) is 16.2. The second kappa shape index (κ2) is 16.2. The van der Waals surface area contributed by atoms with Gasteiger partial charge in [0.2, 0.25) is 5.71 Å². The van der Waals surface area contributed by atoms with Crippen molar-refractivity contribution in [1.82, 2.24) is 19.5 Å². The topological polar surface area (TPSA) is 56.7 Å². The molecule has 0 saturated carbocycles. The molecule has 283 valence electrons. The molecule has 0 aliphatic carbocycles. The Morgan fingerprint density at radius 1 is 0.782 bits per heavy atom. The molecule has 5 nitrogen and oxygen atoms in total. The number of aromatic nitrogens is 4. The quantitative estimate of drug-likeness (QED) is 0.118. The molecule has 0 N–H and O–H groups in total. The molecule has 8 rings (SSSR count). The molecular weight excluding hydrogens is 869 g/mol. The number of nitrogens with zero attached hydrogens (tertiary/aromatic N) is 4. The van der Waals surface area contributed by atoms with Gasteiger partial charge in [0.25, 0.3) is 0 Å². The van der Waals surface area contributed by atoms with Crippen molar-refractivity contribution in [3.8, 4) is 33.9 Å². The third kappa shape index (κ3) is 8.02. The SMILES string of the molecule is CC(C)Cc1cc(-c2[c-]cccc2)ncc1[Si](C)(C)C.Cc1cccc(C)c1-c1ccc2c(n1)oc1c(-c3nc4ccccc4n3C(C)C)[c-]cc(C)c12.[Ir]. The van der Waals surface area contributed by atoms with Gasteiger partial charge < -0.3 is 14.0 Å². The van der Waals surface area contributed by atoms with Crippen molar-refractivity contribution in [2.45, 2.75) is 80.6 Å². The van der Waals surface area contributed by atoms with Crippen LogP contribution in [0.25, 0.3) is 67.0 Å². The molecule has 0 aliphatic rings. The minimum absolute atomic E-state index is 0. The van der Waals surface area contributed by atoms with Gasteiger partial charge in [-0.3, -0.25) is 4.98 Å². The van der Waals surface area contributed by atoms with Crippen molar-refractivity contribution in [3.63, 3.8) is 0 Å². The average molecular weight is 919 g/mol. The summed E-state index contributed by atoms with van der Waals surface area (Å²) in [7, 11) is -1.34. The van der Waals surface area contributed by atoms with Crippen LogP contribution in [0.3, 0.4) is 0 Å². The summed E-state index contributed by atoms with van der Waals surface area (Å²) in [5, 5.41) is 3.59. The number of pyridine rings is 2. The molecule has 4 aromatic heterocycles. The zero-order valence-corrected chi connectivity index (χ0v) is 37.0. The van der Waals surface area contributed by atoms with Crippen LogP contribution in [0.2, 0.25) is 19.6 Å². The summed E-state index contributed by atoms with van der Waals surface area (Å²) in [4.78, 5) is 14.7. The van der Waals surface area contributed by atoms with Gasteiger partial charge in [0.1, 0.15) is 0 Å². The van der Waals surface area contributed by atoms with Gasteiger partial charge >= 0.3 is 0 Å². The fourth-order valence-electron chi connectivity index (χ4n) is 7.61. The number of benzene rings is 4. The Bertz CT molecular complexity index is 2590. The molecule has 0 aliphatic heterocycles. The van der Waals surface area contributed by atoms with E-state index in [-0.39, 0.29) is 26.1 Å². The van der Waals surface area contributed by atoms with Crippen molar-refractivity contribution in [2.75, 3.05) is 0 Å². The predicted octanol–water partition coefficient (Wildman–Crippen LogP) is 12.3. The fourth-order valence-corrected chi connectivity index (χ4v) is 9.20. The summed E-state index contributed by atoms with van der Waals surface area (Å²) in [6.07, 6.45) is 3.24. The number of hydrogen-bond acceptors (Lipinski definition) is 4. The van der Waals surface area contributed by atoms with Crippen LogP contribution >= 0.6 is 0 Å². The minimum Gasteiger partial charge on any atom is -0.486 e. The van der Waals surface area contributed by atoms with E-state index in [1.54, 1.807) is 0 Å². The number of aryl methyl sites for hydroxylation is 3. The maximum atomic E-state index is 6.50. The molecule has 0 amide bonds. The average Bonchev–Trinajstić information content (AvgIpc) is 3.71. The third-order valence-corrected chi connectivity index (χ3v) is 12.2. The van der Waals surface area contributed by atoms with E-state index in [9.17, 15) is 0 Å². The van der Waals surface area contributed by atoms with Gasteiger partial charge in [0.05, 0.1) is 36.2 Å². The summed E-state index contributed by atoms with van der Waals surface area (Å²) in [5.74, 6) is 1.54. The number of imidazole rings is 1. The van der Waals surface area contributed by atoms with Gasteiger partial charge in [-0.2, -0.15) is 0 Å². The first-order chi connectivity index (χ1) is 25.8. The van der Waals surface area contributed by atoms with Crippen LogP contribution in [0.15, 0.2) is 102 Å². The van der Waals surface area contributed by atoms with Crippen LogP contribution in [-0.4, -0.2) is 27.6 Å². The molecule has 0 spiro atoms. The molecule has 8 aromatic rings. The Kier molecular flexibility index (Phi) is 11.8. The molecule has 7 heteroatoms. The van der Waals surface area contributed by atoms with Gasteiger partial charge in [-0.1, -0.05) is 93.3 Å². The van der Waals surface area contributed by atoms with Gasteiger partial charge in [-0.25, -0.2) is 4.98 Å². The maximum absolute atomic E-state index is 6.50. The normalized spacial score (nSPS) is 11.7. The number of para-hydroxylation sites is 2. The maximum Gasteiger partial charge on any atom is 0.216 e. The van der Waals surface area contributed by atoms with E-state index >= 15 is 0 Å². The van der Waals surface area contributed by atoms with E-state index < -0.39 is 8.07 Å². The van der Waals surface area contributed by atoms with Crippen LogP contribution in [0.1, 0.15) is 56.0 Å². The van der Waals surface area contributed by atoms with Crippen molar-refractivity contribution < 1.29 is 24.5 Å². The first-order valence-electron chi connectivity index (χ1n) is 19.1. The predicted molar refractivity (Wildman–Crippen MR) is 229 cm³/mol. The smallest absolute Gasteiger partial charge is 0.216 e. The van der Waals surface area contributed by atoms with Crippen LogP contribution in [0.4, 0.5) is 0 Å².